The molecule has 1 fully saturated rings. The molecule has 1 amide bonds. The van der Waals surface area contributed by atoms with Crippen LogP contribution in [0.4, 0.5) is 23.0 Å². The van der Waals surface area contributed by atoms with Gasteiger partial charge in [0.05, 0.1) is 60.6 Å². The van der Waals surface area contributed by atoms with Crippen molar-refractivity contribution in [2.24, 2.45) is 9.98 Å². The zero-order valence-electron chi connectivity index (χ0n) is 29.7. The van der Waals surface area contributed by atoms with Gasteiger partial charge >= 0.3 is 5.97 Å². The SMILES string of the molecule is COc1cc2c(cc1Nc1ncnc3[nH]cc(C(=O)N4CCN(C)CC4)c13)C=NC2.COc1cc2c(cc1Nc1ncnc3[nH]cc(C(=O)O)c13)C=NC2. The Bertz CT molecular complexity index is 2480. The maximum atomic E-state index is 13.2. The number of carboxylic acid groups (broad SMARTS) is 1. The number of aromatic nitrogens is 6. The topological polar surface area (TPSA) is 211 Å². The number of carboxylic acids is 1. The van der Waals surface area contributed by atoms with E-state index in [1.165, 1.54) is 18.9 Å². The number of methoxy groups -OCH3 is 2. The number of hydrogen-bond acceptors (Lipinski definition) is 13. The zero-order chi connectivity index (χ0) is 37.3. The number of amides is 1. The quantitative estimate of drug-likeness (QED) is 0.148. The van der Waals surface area contributed by atoms with Crippen LogP contribution in [0.2, 0.25) is 0 Å². The van der Waals surface area contributed by atoms with Gasteiger partial charge in [-0.05, 0) is 53.6 Å². The third-order valence-electron chi connectivity index (χ3n) is 9.60. The molecule has 6 aromatic rings. The molecule has 17 heteroatoms. The molecule has 0 bridgehead atoms. The Morgan fingerprint density at radius 1 is 0.722 bits per heavy atom. The lowest BCUT2D eigenvalue weighted by Gasteiger charge is -2.32. The van der Waals surface area contributed by atoms with Crippen molar-refractivity contribution in [1.82, 2.24) is 39.7 Å². The van der Waals surface area contributed by atoms with Gasteiger partial charge in [0.25, 0.3) is 5.91 Å². The fourth-order valence-electron chi connectivity index (χ4n) is 6.70. The molecule has 0 radical (unpaired) electrons. The first-order chi connectivity index (χ1) is 26.3. The van der Waals surface area contributed by atoms with Gasteiger partial charge in [0.1, 0.15) is 47.1 Å². The fourth-order valence-corrected chi connectivity index (χ4v) is 6.70. The third kappa shape index (κ3) is 6.40. The van der Waals surface area contributed by atoms with Crippen LogP contribution in [0.25, 0.3) is 22.1 Å². The molecular formula is C37H36N12O5. The van der Waals surface area contributed by atoms with Gasteiger partial charge in [-0.3, -0.25) is 14.8 Å². The standard InChI is InChI=1S/C21H23N7O2.C16H13N5O3/c1-27-3-5-28(6-4-27)21(29)15-11-23-19-18(15)20(25-12-24-19)26-16-7-13-9-22-10-14(13)8-17(16)30-2;1-24-12-3-9-5-17-4-8(9)2-11(12)21-15-13-10(16(22)23)6-18-14(13)19-7-20-15/h7-9,11-12H,3-6,10H2,1-2H3,(H2,23,24,25,26);2-4,6-7H,5H2,1H3,(H,22,23)(H2,18,19,20,21). The summed E-state index contributed by atoms with van der Waals surface area (Å²) in [5.41, 5.74) is 7.44. The number of fused-ring (bicyclic) bond motifs is 4. The number of aromatic amines is 2. The number of hydrogen-bond donors (Lipinski definition) is 5. The highest BCUT2D eigenvalue weighted by molar-refractivity contribution is 6.10. The maximum absolute atomic E-state index is 13.2. The Labute approximate surface area is 308 Å². The zero-order valence-corrected chi connectivity index (χ0v) is 29.7. The second kappa shape index (κ2) is 14.3. The second-order valence-electron chi connectivity index (χ2n) is 12.9. The van der Waals surface area contributed by atoms with E-state index in [1.807, 2.05) is 35.4 Å². The summed E-state index contributed by atoms with van der Waals surface area (Å²) in [5.74, 6) is 1.23. The van der Waals surface area contributed by atoms with Gasteiger partial charge < -0.3 is 45.0 Å². The minimum Gasteiger partial charge on any atom is -0.495 e. The van der Waals surface area contributed by atoms with Gasteiger partial charge in [0.15, 0.2) is 0 Å². The van der Waals surface area contributed by atoms with Crippen LogP contribution in [0.3, 0.4) is 0 Å². The molecule has 0 unspecified atom stereocenters. The first kappa shape index (κ1) is 34.2. The Balaban J connectivity index is 0.000000157. The van der Waals surface area contributed by atoms with E-state index in [4.69, 9.17) is 9.47 Å². The molecule has 3 aliphatic heterocycles. The lowest BCUT2D eigenvalue weighted by atomic mass is 10.1. The molecule has 0 aliphatic carbocycles. The summed E-state index contributed by atoms with van der Waals surface area (Å²) in [6.45, 7) is 4.43. The van der Waals surface area contributed by atoms with Crippen LogP contribution in [-0.4, -0.2) is 117 Å². The molecule has 4 aromatic heterocycles. The molecule has 17 nitrogen and oxygen atoms in total. The molecule has 2 aromatic carbocycles. The van der Waals surface area contributed by atoms with Gasteiger partial charge in [-0.15, -0.1) is 0 Å². The van der Waals surface area contributed by atoms with Gasteiger partial charge in [-0.25, -0.2) is 24.7 Å². The number of anilines is 4. The predicted octanol–water partition coefficient (Wildman–Crippen LogP) is 4.37. The van der Waals surface area contributed by atoms with E-state index >= 15 is 0 Å². The molecule has 5 N–H and O–H groups in total. The predicted molar refractivity (Wildman–Crippen MR) is 203 cm³/mol. The van der Waals surface area contributed by atoms with Crippen LogP contribution >= 0.6 is 0 Å². The summed E-state index contributed by atoms with van der Waals surface area (Å²) >= 11 is 0. The lowest BCUT2D eigenvalue weighted by molar-refractivity contribution is 0.0664. The molecule has 1 saturated heterocycles. The summed E-state index contributed by atoms with van der Waals surface area (Å²) in [5, 5.41) is 16.9. The van der Waals surface area contributed by atoms with Crippen molar-refractivity contribution in [2.45, 2.75) is 13.1 Å². The smallest absolute Gasteiger partial charge is 0.338 e. The first-order valence-electron chi connectivity index (χ1n) is 17.1. The fraction of sp³-hybridized carbons (Fsp3) is 0.243. The van der Waals surface area contributed by atoms with Crippen LogP contribution in [0.1, 0.15) is 43.0 Å². The highest BCUT2D eigenvalue weighted by atomic mass is 16.5. The van der Waals surface area contributed by atoms with Gasteiger partial charge in [0.2, 0.25) is 0 Å². The first-order valence-corrected chi connectivity index (χ1v) is 17.1. The highest BCUT2D eigenvalue weighted by Crippen LogP contribution is 2.36. The molecule has 0 atom stereocenters. The van der Waals surface area contributed by atoms with E-state index in [9.17, 15) is 14.7 Å². The van der Waals surface area contributed by atoms with E-state index in [0.717, 1.165) is 41.0 Å². The number of nitrogens with zero attached hydrogens (tertiary/aromatic N) is 8. The van der Waals surface area contributed by atoms with Crippen LogP contribution in [0.15, 0.2) is 59.3 Å². The molecule has 274 valence electrons. The van der Waals surface area contributed by atoms with Crippen molar-refractivity contribution in [3.05, 3.63) is 82.7 Å². The number of aliphatic imine (C=N–C) groups is 2. The number of carbonyl (C=O) groups excluding carboxylic acids is 1. The molecule has 0 spiro atoms. The minimum atomic E-state index is -1.05. The number of benzene rings is 2. The number of ether oxygens (including phenoxy) is 2. The summed E-state index contributed by atoms with van der Waals surface area (Å²) < 4.78 is 11.0. The monoisotopic (exact) mass is 728 g/mol. The van der Waals surface area contributed by atoms with Crippen molar-refractivity contribution in [3.63, 3.8) is 0 Å². The molecular weight excluding hydrogens is 692 g/mol. The number of carbonyl (C=O) groups is 2. The third-order valence-corrected chi connectivity index (χ3v) is 9.60. The van der Waals surface area contributed by atoms with Crippen LogP contribution in [0, 0.1) is 0 Å². The van der Waals surface area contributed by atoms with Crippen LogP contribution in [-0.2, 0) is 13.1 Å². The number of nitrogens with one attached hydrogen (secondary N) is 4. The number of likely N-dealkylation sites (N-methyl/N-ethyl adjacent to an activating group) is 1. The van der Waals surface area contributed by atoms with Crippen LogP contribution < -0.4 is 20.1 Å². The Morgan fingerprint density at radius 3 is 1.72 bits per heavy atom. The molecule has 54 heavy (non-hydrogen) atoms. The largest absolute Gasteiger partial charge is 0.495 e. The summed E-state index contributed by atoms with van der Waals surface area (Å²) in [6, 6.07) is 7.80. The lowest BCUT2D eigenvalue weighted by Crippen LogP contribution is -2.47. The number of aromatic carboxylic acids is 1. The van der Waals surface area contributed by atoms with Gasteiger partial charge in [-0.2, -0.15) is 0 Å². The highest BCUT2D eigenvalue weighted by Gasteiger charge is 2.25. The Morgan fingerprint density at radius 2 is 1.22 bits per heavy atom. The Hall–Kier alpha value is -6.88. The minimum absolute atomic E-state index is 0.0137. The normalized spacial score (nSPS) is 14.5. The van der Waals surface area contributed by atoms with E-state index in [-0.39, 0.29) is 11.5 Å². The average Bonchev–Trinajstić information content (AvgIpc) is 4.01. The summed E-state index contributed by atoms with van der Waals surface area (Å²) in [7, 11) is 5.28. The van der Waals surface area contributed by atoms with Crippen LogP contribution in [0.5, 0.6) is 11.5 Å². The summed E-state index contributed by atoms with van der Waals surface area (Å²) in [6.07, 6.45) is 9.63. The van der Waals surface area contributed by atoms with Crippen molar-refractivity contribution in [3.8, 4) is 11.5 Å². The van der Waals surface area contributed by atoms with Gasteiger partial charge in [0, 0.05) is 51.0 Å². The van der Waals surface area contributed by atoms with E-state index in [1.54, 1.807) is 26.6 Å². The van der Waals surface area contributed by atoms with E-state index in [0.29, 0.717) is 82.6 Å². The van der Waals surface area contributed by atoms with Crippen molar-refractivity contribution >= 4 is 69.4 Å². The van der Waals surface area contributed by atoms with E-state index < -0.39 is 5.97 Å². The Kier molecular flexibility index (Phi) is 9.04. The second-order valence-corrected chi connectivity index (χ2v) is 12.9. The van der Waals surface area contributed by atoms with Gasteiger partial charge in [-0.1, -0.05) is 0 Å². The molecule has 3 aliphatic rings. The average molecular weight is 729 g/mol. The molecule has 0 saturated carbocycles. The van der Waals surface area contributed by atoms with Crippen molar-refractivity contribution < 1.29 is 24.2 Å². The molecule has 7 heterocycles. The maximum Gasteiger partial charge on any atom is 0.338 e. The number of rotatable bonds is 8. The van der Waals surface area contributed by atoms with E-state index in [2.05, 4.69) is 62.5 Å². The van der Waals surface area contributed by atoms with Crippen molar-refractivity contribution in [2.75, 3.05) is 58.1 Å². The number of H-pyrrole nitrogens is 2. The summed E-state index contributed by atoms with van der Waals surface area (Å²) in [4.78, 5) is 60.2. The molecule has 9 rings (SSSR count). The van der Waals surface area contributed by atoms with Crippen molar-refractivity contribution in [1.29, 1.82) is 0 Å². The number of piperazine rings is 1.